The molecule has 6 nitrogen and oxygen atoms in total. The molecule has 0 aliphatic heterocycles. The summed E-state index contributed by atoms with van der Waals surface area (Å²) in [5, 5.41) is 40.6. The van der Waals surface area contributed by atoms with Crippen molar-refractivity contribution in [1.82, 2.24) is 4.98 Å². The number of aliphatic carboxylic acids is 1. The highest BCUT2D eigenvalue weighted by molar-refractivity contribution is 5.80. The largest absolute Gasteiger partial charge is 0.481 e. The molecule has 0 spiro atoms. The van der Waals surface area contributed by atoms with Gasteiger partial charge in [-0.1, -0.05) is 52.0 Å². The molecule has 0 fully saturated rings. The average Bonchev–Trinajstić information content (AvgIpc) is 2.83. The molecule has 0 radical (unpaired) electrons. The van der Waals surface area contributed by atoms with Crippen molar-refractivity contribution in [2.45, 2.75) is 71.0 Å². The number of aliphatic hydroxyl groups excluding tert-OH is 1. The van der Waals surface area contributed by atoms with Gasteiger partial charge in [-0.05, 0) is 35.1 Å². The summed E-state index contributed by atoms with van der Waals surface area (Å²) in [4.78, 5) is 16.0. The maximum Gasteiger partial charge on any atom is 0.305 e. The molecule has 1 aromatic carbocycles. The third-order valence-electron chi connectivity index (χ3n) is 4.60. The number of hydrogen-bond donors (Lipinski definition) is 4. The van der Waals surface area contributed by atoms with Gasteiger partial charge < -0.3 is 20.4 Å². The lowest BCUT2D eigenvalue weighted by Crippen LogP contribution is -2.19. The first-order valence-electron chi connectivity index (χ1n) is 13.5. The number of aliphatic hydroxyl groups is 3. The highest BCUT2D eigenvalue weighted by Gasteiger charge is 2.22. The second-order valence-corrected chi connectivity index (χ2v) is 7.66. The number of halogens is 1. The van der Waals surface area contributed by atoms with E-state index in [1.165, 1.54) is 12.1 Å². The second kappa shape index (κ2) is 11.3. The molecule has 0 bridgehead atoms. The minimum absolute atomic E-state index is 0.0475. The smallest absolute Gasteiger partial charge is 0.305 e. The van der Waals surface area contributed by atoms with Crippen molar-refractivity contribution in [3.63, 3.8) is 0 Å². The standard InChI is InChI=1S/C25H32FNO5/c1-14(2)24-20(10-9-18(29)11-19(30)12-22(31)32)23(16-5-7-17(26)8-6-16)21(13-28)25(27-24)15(3)4/h5-10,14-15,18-19,28-30H,11-13H2,1-4H3,(H,31,32)/b10-9+/i9D,11D2,12D2,18D,19D. The Labute approximate surface area is 197 Å². The maximum atomic E-state index is 13.7. The van der Waals surface area contributed by atoms with Gasteiger partial charge in [-0.3, -0.25) is 9.78 Å². The summed E-state index contributed by atoms with van der Waals surface area (Å²) in [6.45, 7) is 6.60. The summed E-state index contributed by atoms with van der Waals surface area (Å²) < 4.78 is 69.3. The van der Waals surface area contributed by atoms with Gasteiger partial charge >= 0.3 is 5.97 Å². The molecular formula is C25H32FNO5. The molecule has 2 aromatic rings. The van der Waals surface area contributed by atoms with Crippen LogP contribution < -0.4 is 0 Å². The Bertz CT molecular complexity index is 1260. The summed E-state index contributed by atoms with van der Waals surface area (Å²) in [5.41, 5.74) is 1.74. The van der Waals surface area contributed by atoms with Gasteiger partial charge in [0.2, 0.25) is 0 Å². The molecule has 32 heavy (non-hydrogen) atoms. The number of carboxylic acid groups (broad SMARTS) is 1. The zero-order valence-corrected chi connectivity index (χ0v) is 18.3. The van der Waals surface area contributed by atoms with Gasteiger partial charge in [0, 0.05) is 28.7 Å². The molecule has 1 heterocycles. The predicted octanol–water partition coefficient (Wildman–Crippen LogP) is 4.23. The number of carboxylic acids is 1. The minimum Gasteiger partial charge on any atom is -0.481 e. The monoisotopic (exact) mass is 452 g/mol. The second-order valence-electron chi connectivity index (χ2n) is 7.66. The van der Waals surface area contributed by atoms with Crippen molar-refractivity contribution < 1.29 is 39.2 Å². The van der Waals surface area contributed by atoms with Gasteiger partial charge in [0.05, 0.1) is 34.9 Å². The van der Waals surface area contributed by atoms with Crippen LogP contribution in [0.25, 0.3) is 17.2 Å². The quantitative estimate of drug-likeness (QED) is 0.429. The Hall–Kier alpha value is -2.61. The van der Waals surface area contributed by atoms with E-state index in [2.05, 4.69) is 4.98 Å². The van der Waals surface area contributed by atoms with Crippen LogP contribution in [0.15, 0.2) is 30.3 Å². The SMILES string of the molecule is [2H]/C(=C\c1c(C(C)C)nc(C(C)C)c(CO)c1-c1ccc(F)cc1)C([2H])(O)C([2H])([2H])C([2H])(O)C([2H])([2H])C(=O)O. The van der Waals surface area contributed by atoms with Crippen molar-refractivity contribution in [2.75, 3.05) is 0 Å². The first-order valence-corrected chi connectivity index (χ1v) is 9.97. The van der Waals surface area contributed by atoms with E-state index in [0.717, 1.165) is 18.2 Å². The number of carbonyl (C=O) groups is 1. The molecule has 0 saturated heterocycles. The number of rotatable bonds is 10. The van der Waals surface area contributed by atoms with Crippen LogP contribution in [0.5, 0.6) is 0 Å². The van der Waals surface area contributed by atoms with Crippen molar-refractivity contribution in [3.8, 4) is 11.1 Å². The molecule has 0 aliphatic carbocycles. The van der Waals surface area contributed by atoms with Gasteiger partial charge in [-0.25, -0.2) is 4.39 Å². The first-order chi connectivity index (χ1) is 17.7. The van der Waals surface area contributed by atoms with Crippen LogP contribution in [-0.4, -0.2) is 43.5 Å². The lowest BCUT2D eigenvalue weighted by Gasteiger charge is -2.23. The van der Waals surface area contributed by atoms with Gasteiger partial charge in [0.25, 0.3) is 0 Å². The Morgan fingerprint density at radius 1 is 1.19 bits per heavy atom. The Kier molecular flexibility index (Phi) is 5.99. The van der Waals surface area contributed by atoms with Crippen molar-refractivity contribution in [1.29, 1.82) is 0 Å². The lowest BCUT2D eigenvalue weighted by molar-refractivity contribution is -0.139. The molecule has 2 atom stereocenters. The Balaban J connectivity index is 2.98. The normalized spacial score (nSPS) is 20.2. The van der Waals surface area contributed by atoms with Crippen LogP contribution in [-0.2, 0) is 11.4 Å². The van der Waals surface area contributed by atoms with Gasteiger partial charge in [0.1, 0.15) is 5.82 Å². The minimum atomic E-state index is -4.22. The molecule has 4 N–H and O–H groups in total. The van der Waals surface area contributed by atoms with E-state index in [-0.39, 0.29) is 28.5 Å². The number of hydrogen-bond acceptors (Lipinski definition) is 5. The van der Waals surface area contributed by atoms with Crippen LogP contribution in [0.3, 0.4) is 0 Å². The van der Waals surface area contributed by atoms with Crippen molar-refractivity contribution >= 4 is 12.0 Å². The number of benzene rings is 1. The topological polar surface area (TPSA) is 111 Å². The predicted molar refractivity (Wildman–Crippen MR) is 122 cm³/mol. The number of aromatic nitrogens is 1. The van der Waals surface area contributed by atoms with Crippen molar-refractivity contribution in [2.24, 2.45) is 0 Å². The number of pyridine rings is 1. The molecule has 0 saturated carbocycles. The first kappa shape index (κ1) is 16.9. The summed E-state index contributed by atoms with van der Waals surface area (Å²) in [6, 6.07) is 3.84. The summed E-state index contributed by atoms with van der Waals surface area (Å²) in [5.74, 6) is -3.53. The molecule has 174 valence electrons. The van der Waals surface area contributed by atoms with E-state index in [0.29, 0.717) is 17.0 Å². The number of nitrogens with zero attached hydrogens (tertiary/aromatic N) is 1. The van der Waals surface area contributed by atoms with Crippen LogP contribution >= 0.6 is 0 Å². The third kappa shape index (κ3) is 6.45. The van der Waals surface area contributed by atoms with E-state index >= 15 is 0 Å². The maximum absolute atomic E-state index is 13.7. The zero-order valence-electron chi connectivity index (χ0n) is 25.3. The molecule has 0 amide bonds. The highest BCUT2D eigenvalue weighted by Crippen LogP contribution is 2.37. The fourth-order valence-corrected chi connectivity index (χ4v) is 3.27. The van der Waals surface area contributed by atoms with Gasteiger partial charge in [-0.2, -0.15) is 0 Å². The van der Waals surface area contributed by atoms with Crippen LogP contribution in [0.2, 0.25) is 0 Å². The molecule has 1 aromatic heterocycles. The highest BCUT2D eigenvalue weighted by atomic mass is 19.1. The average molecular weight is 453 g/mol. The molecular weight excluding hydrogens is 413 g/mol. The molecule has 2 rings (SSSR count). The van der Waals surface area contributed by atoms with Crippen LogP contribution in [0, 0.1) is 5.82 Å². The molecule has 7 heteroatoms. The molecule has 0 aliphatic rings. The Morgan fingerprint density at radius 3 is 2.28 bits per heavy atom. The van der Waals surface area contributed by atoms with Crippen molar-refractivity contribution in [3.05, 3.63) is 58.6 Å². The van der Waals surface area contributed by atoms with Gasteiger partial charge in [-0.15, -0.1) is 0 Å². The van der Waals surface area contributed by atoms with E-state index in [4.69, 9.17) is 14.7 Å². The fourth-order valence-electron chi connectivity index (χ4n) is 3.27. The fraction of sp³-hybridized carbons (Fsp3) is 0.440. The Morgan fingerprint density at radius 2 is 1.78 bits per heavy atom. The van der Waals surface area contributed by atoms with E-state index in [1.807, 2.05) is 13.8 Å². The third-order valence-corrected chi connectivity index (χ3v) is 4.60. The summed E-state index contributed by atoms with van der Waals surface area (Å²) >= 11 is 0. The van der Waals surface area contributed by atoms with Crippen LogP contribution in [0.4, 0.5) is 4.39 Å². The van der Waals surface area contributed by atoms with Gasteiger partial charge in [0.15, 0.2) is 0 Å². The van der Waals surface area contributed by atoms with E-state index in [9.17, 15) is 24.5 Å². The zero-order chi connectivity index (χ0) is 30.3. The van der Waals surface area contributed by atoms with Crippen LogP contribution in [0.1, 0.15) is 84.4 Å². The molecule has 2 unspecified atom stereocenters. The van der Waals surface area contributed by atoms with E-state index in [1.54, 1.807) is 13.8 Å². The summed E-state index contributed by atoms with van der Waals surface area (Å²) in [7, 11) is 0. The summed E-state index contributed by atoms with van der Waals surface area (Å²) in [6.07, 6.45) is -15.3. The van der Waals surface area contributed by atoms with E-state index < -0.39 is 49.4 Å². The lowest BCUT2D eigenvalue weighted by atomic mass is 9.87.